The molecular weight excluding hydrogens is 376 g/mol. The van der Waals surface area contributed by atoms with Crippen LogP contribution in [0.25, 0.3) is 0 Å². The van der Waals surface area contributed by atoms with Crippen LogP contribution in [0.5, 0.6) is 0 Å². The Kier molecular flexibility index (Phi) is 5.20. The highest BCUT2D eigenvalue weighted by molar-refractivity contribution is 7.09. The standard InChI is InChI=1S/C19H26N6O2S/c1-13-23-14(12-28-13)10-22-18(27)19-4-3-8-25(15(19)11-24(2)9-5-19)17(26)16-20-6-7-21-16/h6-7,12,15H,3-5,8-11H2,1-2H3,(H,20,21)(H,22,27)/t15-,19+/m0/s1. The number of thiazole rings is 1. The molecule has 9 heteroatoms. The van der Waals surface area contributed by atoms with E-state index in [0.717, 1.165) is 36.5 Å². The first-order valence-electron chi connectivity index (χ1n) is 9.68. The molecule has 28 heavy (non-hydrogen) atoms. The number of aryl methyl sites for hydroxylation is 1. The van der Waals surface area contributed by atoms with E-state index >= 15 is 0 Å². The normalized spacial score (nSPS) is 25.4. The summed E-state index contributed by atoms with van der Waals surface area (Å²) in [6.45, 7) is 4.58. The number of likely N-dealkylation sites (tertiary alicyclic amines) is 2. The third-order valence-corrected chi connectivity index (χ3v) is 6.79. The van der Waals surface area contributed by atoms with Gasteiger partial charge in [0.2, 0.25) is 5.91 Å². The Bertz CT molecular complexity index is 850. The van der Waals surface area contributed by atoms with Gasteiger partial charge in [0.25, 0.3) is 5.91 Å². The Morgan fingerprint density at radius 2 is 2.25 bits per heavy atom. The van der Waals surface area contributed by atoms with Gasteiger partial charge in [0.15, 0.2) is 5.82 Å². The number of amides is 2. The maximum atomic E-state index is 13.4. The molecule has 0 spiro atoms. The second-order valence-electron chi connectivity index (χ2n) is 7.76. The lowest BCUT2D eigenvalue weighted by Gasteiger charge is -2.53. The SMILES string of the molecule is Cc1nc(CNC(=O)[C@@]23CCCN(C(=O)c4ncc[nH]4)[C@H]2CN(C)CC3)cs1. The van der Waals surface area contributed by atoms with E-state index in [9.17, 15) is 9.59 Å². The lowest BCUT2D eigenvalue weighted by Crippen LogP contribution is -2.66. The van der Waals surface area contributed by atoms with Gasteiger partial charge in [-0.1, -0.05) is 0 Å². The molecule has 0 bridgehead atoms. The molecule has 2 N–H and O–H groups in total. The van der Waals surface area contributed by atoms with Crippen molar-refractivity contribution in [2.24, 2.45) is 5.41 Å². The molecule has 0 radical (unpaired) electrons. The van der Waals surface area contributed by atoms with Crippen molar-refractivity contribution in [2.75, 3.05) is 26.7 Å². The first-order valence-corrected chi connectivity index (χ1v) is 10.6. The van der Waals surface area contributed by atoms with Gasteiger partial charge in [0, 0.05) is 30.9 Å². The van der Waals surface area contributed by atoms with Crippen molar-refractivity contribution in [1.82, 2.24) is 30.1 Å². The first-order chi connectivity index (χ1) is 13.5. The number of carbonyl (C=O) groups is 2. The second kappa shape index (κ2) is 7.63. The molecule has 2 fully saturated rings. The number of aromatic nitrogens is 3. The molecule has 2 aromatic heterocycles. The minimum absolute atomic E-state index is 0.0354. The number of nitrogens with one attached hydrogen (secondary N) is 2. The van der Waals surface area contributed by atoms with Gasteiger partial charge in [0.1, 0.15) is 0 Å². The molecule has 2 aliphatic rings. The molecular formula is C19H26N6O2S. The van der Waals surface area contributed by atoms with Gasteiger partial charge >= 0.3 is 0 Å². The van der Waals surface area contributed by atoms with Gasteiger partial charge < -0.3 is 20.1 Å². The number of hydrogen-bond acceptors (Lipinski definition) is 6. The molecule has 2 aliphatic heterocycles. The Hall–Kier alpha value is -2.26. The van der Waals surface area contributed by atoms with Crippen LogP contribution in [0, 0.1) is 12.3 Å². The quantitative estimate of drug-likeness (QED) is 0.807. The number of hydrogen-bond donors (Lipinski definition) is 2. The van der Waals surface area contributed by atoms with Gasteiger partial charge in [-0.25, -0.2) is 9.97 Å². The van der Waals surface area contributed by atoms with Gasteiger partial charge in [0.05, 0.1) is 28.7 Å². The predicted molar refractivity (Wildman–Crippen MR) is 106 cm³/mol. The van der Waals surface area contributed by atoms with Crippen LogP contribution in [0.2, 0.25) is 0 Å². The fourth-order valence-corrected chi connectivity index (χ4v) is 5.12. The maximum absolute atomic E-state index is 13.4. The highest BCUT2D eigenvalue weighted by atomic mass is 32.1. The van der Waals surface area contributed by atoms with Crippen molar-refractivity contribution < 1.29 is 9.59 Å². The molecule has 4 rings (SSSR count). The molecule has 0 saturated carbocycles. The summed E-state index contributed by atoms with van der Waals surface area (Å²) in [6, 6.07) is -0.158. The van der Waals surface area contributed by atoms with Crippen LogP contribution in [-0.4, -0.2) is 69.3 Å². The zero-order valence-corrected chi connectivity index (χ0v) is 17.1. The molecule has 150 valence electrons. The summed E-state index contributed by atoms with van der Waals surface area (Å²) in [5.41, 5.74) is 0.328. The van der Waals surface area contributed by atoms with E-state index in [1.165, 1.54) is 0 Å². The van der Waals surface area contributed by atoms with E-state index in [-0.39, 0.29) is 17.9 Å². The number of H-pyrrole nitrogens is 1. The van der Waals surface area contributed by atoms with Crippen LogP contribution in [0.1, 0.15) is 40.6 Å². The predicted octanol–water partition coefficient (Wildman–Crippen LogP) is 1.42. The first kappa shape index (κ1) is 19.1. The number of rotatable bonds is 4. The number of piperidine rings is 2. The van der Waals surface area contributed by atoms with Crippen molar-refractivity contribution in [3.8, 4) is 0 Å². The van der Waals surface area contributed by atoms with Gasteiger partial charge in [-0.05, 0) is 39.8 Å². The Morgan fingerprint density at radius 3 is 2.96 bits per heavy atom. The zero-order valence-electron chi connectivity index (χ0n) is 16.3. The van der Waals surface area contributed by atoms with Crippen LogP contribution in [0.3, 0.4) is 0 Å². The van der Waals surface area contributed by atoms with Crippen LogP contribution in [0.15, 0.2) is 17.8 Å². The molecule has 2 aromatic rings. The number of nitrogens with zero attached hydrogens (tertiary/aromatic N) is 4. The maximum Gasteiger partial charge on any atom is 0.289 e. The summed E-state index contributed by atoms with van der Waals surface area (Å²) in [6.07, 6.45) is 5.60. The highest BCUT2D eigenvalue weighted by Crippen LogP contribution is 2.43. The summed E-state index contributed by atoms with van der Waals surface area (Å²) in [7, 11) is 2.05. The number of likely N-dealkylation sites (N-methyl/N-ethyl adjacent to an activating group) is 1. The van der Waals surface area contributed by atoms with E-state index in [4.69, 9.17) is 0 Å². The lowest BCUT2D eigenvalue weighted by molar-refractivity contribution is -0.142. The van der Waals surface area contributed by atoms with Crippen molar-refractivity contribution in [3.63, 3.8) is 0 Å². The molecule has 0 aliphatic carbocycles. The van der Waals surface area contributed by atoms with Gasteiger partial charge in [-0.2, -0.15) is 0 Å². The van der Waals surface area contributed by atoms with E-state index in [1.807, 2.05) is 24.3 Å². The fraction of sp³-hybridized carbons (Fsp3) is 0.579. The second-order valence-corrected chi connectivity index (χ2v) is 8.83. The number of fused-ring (bicyclic) bond motifs is 1. The van der Waals surface area contributed by atoms with E-state index < -0.39 is 5.41 Å². The fourth-order valence-electron chi connectivity index (χ4n) is 4.50. The van der Waals surface area contributed by atoms with Crippen LogP contribution < -0.4 is 5.32 Å². The van der Waals surface area contributed by atoms with Crippen molar-refractivity contribution >= 4 is 23.2 Å². The topological polar surface area (TPSA) is 94.2 Å². The minimum atomic E-state index is -0.557. The summed E-state index contributed by atoms with van der Waals surface area (Å²) < 4.78 is 0. The van der Waals surface area contributed by atoms with E-state index in [2.05, 4.69) is 25.2 Å². The summed E-state index contributed by atoms with van der Waals surface area (Å²) in [5, 5.41) is 6.08. The molecule has 4 heterocycles. The monoisotopic (exact) mass is 402 g/mol. The smallest absolute Gasteiger partial charge is 0.289 e. The van der Waals surface area contributed by atoms with E-state index in [1.54, 1.807) is 23.7 Å². The molecule has 2 saturated heterocycles. The Morgan fingerprint density at radius 1 is 1.39 bits per heavy atom. The summed E-state index contributed by atoms with van der Waals surface area (Å²) in [4.78, 5) is 41.9. The average Bonchev–Trinajstić information content (AvgIpc) is 3.37. The number of imidazole rings is 1. The minimum Gasteiger partial charge on any atom is -0.350 e. The molecule has 0 aromatic carbocycles. The molecule has 2 atom stereocenters. The van der Waals surface area contributed by atoms with Crippen LogP contribution >= 0.6 is 11.3 Å². The van der Waals surface area contributed by atoms with Crippen LogP contribution in [-0.2, 0) is 11.3 Å². The van der Waals surface area contributed by atoms with Crippen molar-refractivity contribution in [2.45, 2.75) is 38.8 Å². The third kappa shape index (κ3) is 3.44. The highest BCUT2D eigenvalue weighted by Gasteiger charge is 2.53. The molecule has 8 nitrogen and oxygen atoms in total. The Balaban J connectivity index is 1.57. The molecule has 0 unspecified atom stereocenters. The van der Waals surface area contributed by atoms with Crippen molar-refractivity contribution in [3.05, 3.63) is 34.3 Å². The zero-order chi connectivity index (χ0) is 19.7. The van der Waals surface area contributed by atoms with Gasteiger partial charge in [-0.3, -0.25) is 9.59 Å². The largest absolute Gasteiger partial charge is 0.350 e. The lowest BCUT2D eigenvalue weighted by atomic mass is 9.67. The van der Waals surface area contributed by atoms with Gasteiger partial charge in [-0.15, -0.1) is 11.3 Å². The van der Waals surface area contributed by atoms with Crippen molar-refractivity contribution in [1.29, 1.82) is 0 Å². The summed E-state index contributed by atoms with van der Waals surface area (Å²) in [5.74, 6) is 0.243. The summed E-state index contributed by atoms with van der Waals surface area (Å²) >= 11 is 1.58. The molecule has 2 amide bonds. The number of carbonyl (C=O) groups excluding carboxylic acids is 2. The Labute approximate surface area is 168 Å². The number of aromatic amines is 1. The third-order valence-electron chi connectivity index (χ3n) is 5.97. The van der Waals surface area contributed by atoms with Crippen LogP contribution in [0.4, 0.5) is 0 Å². The van der Waals surface area contributed by atoms with E-state index in [0.29, 0.717) is 25.5 Å². The average molecular weight is 403 g/mol.